The van der Waals surface area contributed by atoms with E-state index in [-0.39, 0.29) is 5.60 Å². The van der Waals surface area contributed by atoms with Gasteiger partial charge in [0.2, 0.25) is 0 Å². The molecular weight excluding hydrogens is 292 g/mol. The molecule has 1 aromatic carbocycles. The Bertz CT molecular complexity index is 419. The van der Waals surface area contributed by atoms with Crippen molar-refractivity contribution in [1.82, 2.24) is 0 Å². The molecule has 1 N–H and O–H groups in total. The first kappa shape index (κ1) is 13.9. The van der Waals surface area contributed by atoms with E-state index in [1.807, 2.05) is 18.2 Å². The number of aliphatic hydroxyl groups is 1. The van der Waals surface area contributed by atoms with E-state index in [1.54, 1.807) is 0 Å². The van der Waals surface area contributed by atoms with E-state index in [0.717, 1.165) is 28.6 Å². The molecule has 0 saturated carbocycles. The van der Waals surface area contributed by atoms with Crippen molar-refractivity contribution in [2.45, 2.75) is 57.7 Å². The summed E-state index contributed by atoms with van der Waals surface area (Å²) >= 11 is 3.45. The standard InChI is InChI=1S/C15H21BrO2/c1-3-4-5-8-15(2)10-13(17)12-7-6-11(16)9-14(12)18-15/h6-7,9,13,17H,3-5,8,10H2,1-2H3/t13-,15?/m1/s1. The lowest BCUT2D eigenvalue weighted by Crippen LogP contribution is -2.38. The molecule has 0 saturated heterocycles. The summed E-state index contributed by atoms with van der Waals surface area (Å²) < 4.78 is 7.12. The summed E-state index contributed by atoms with van der Waals surface area (Å²) in [5.41, 5.74) is 0.675. The smallest absolute Gasteiger partial charge is 0.127 e. The van der Waals surface area contributed by atoms with Crippen molar-refractivity contribution >= 4 is 15.9 Å². The molecule has 100 valence electrons. The molecule has 0 spiro atoms. The molecule has 2 atom stereocenters. The second-order valence-electron chi connectivity index (χ2n) is 5.41. The lowest BCUT2D eigenvalue weighted by atomic mass is 9.86. The van der Waals surface area contributed by atoms with Crippen LogP contribution < -0.4 is 4.74 Å². The maximum absolute atomic E-state index is 10.2. The van der Waals surface area contributed by atoms with Gasteiger partial charge in [0.25, 0.3) is 0 Å². The van der Waals surface area contributed by atoms with Crippen molar-refractivity contribution in [3.05, 3.63) is 28.2 Å². The third-order valence-corrected chi connectivity index (χ3v) is 4.12. The normalized spacial score (nSPS) is 26.6. The van der Waals surface area contributed by atoms with Gasteiger partial charge in [-0.15, -0.1) is 0 Å². The monoisotopic (exact) mass is 312 g/mol. The first-order valence-corrected chi connectivity index (χ1v) is 7.50. The molecule has 3 heteroatoms. The van der Waals surface area contributed by atoms with Crippen LogP contribution in [0, 0.1) is 0 Å². The molecule has 0 aliphatic carbocycles. The van der Waals surface area contributed by atoms with E-state index in [9.17, 15) is 5.11 Å². The lowest BCUT2D eigenvalue weighted by molar-refractivity contribution is -0.00848. The molecule has 1 aromatic rings. The van der Waals surface area contributed by atoms with Gasteiger partial charge in [-0.3, -0.25) is 0 Å². The first-order valence-electron chi connectivity index (χ1n) is 6.70. The van der Waals surface area contributed by atoms with E-state index in [1.165, 1.54) is 12.8 Å². The van der Waals surface area contributed by atoms with Crippen LogP contribution >= 0.6 is 15.9 Å². The molecule has 1 aliphatic heterocycles. The molecule has 1 unspecified atom stereocenters. The number of unbranched alkanes of at least 4 members (excludes halogenated alkanes) is 2. The van der Waals surface area contributed by atoms with Crippen LogP contribution in [0.15, 0.2) is 22.7 Å². The zero-order valence-electron chi connectivity index (χ0n) is 11.1. The maximum Gasteiger partial charge on any atom is 0.127 e. The Balaban J connectivity index is 2.15. The Morgan fingerprint density at radius 2 is 2.22 bits per heavy atom. The third kappa shape index (κ3) is 3.07. The maximum atomic E-state index is 10.2. The molecule has 0 amide bonds. The number of ether oxygens (including phenoxy) is 1. The van der Waals surface area contributed by atoms with Crippen LogP contribution in [-0.2, 0) is 0 Å². The van der Waals surface area contributed by atoms with E-state index in [0.29, 0.717) is 6.42 Å². The van der Waals surface area contributed by atoms with Gasteiger partial charge in [-0.2, -0.15) is 0 Å². The highest BCUT2D eigenvalue weighted by Gasteiger charge is 2.36. The lowest BCUT2D eigenvalue weighted by Gasteiger charge is -2.38. The average molecular weight is 313 g/mol. The van der Waals surface area contributed by atoms with E-state index in [4.69, 9.17) is 4.74 Å². The first-order chi connectivity index (χ1) is 8.54. The predicted octanol–water partition coefficient (Wildman–Crippen LogP) is 4.60. The fourth-order valence-electron chi connectivity index (χ4n) is 2.60. The number of fused-ring (bicyclic) bond motifs is 1. The van der Waals surface area contributed by atoms with E-state index in [2.05, 4.69) is 29.8 Å². The van der Waals surface area contributed by atoms with Crippen LogP contribution in [0.25, 0.3) is 0 Å². The molecule has 0 bridgehead atoms. The minimum absolute atomic E-state index is 0.234. The van der Waals surface area contributed by atoms with Crippen molar-refractivity contribution in [3.63, 3.8) is 0 Å². The highest BCUT2D eigenvalue weighted by Crippen LogP contribution is 2.42. The number of halogens is 1. The largest absolute Gasteiger partial charge is 0.487 e. The number of hydrogen-bond acceptors (Lipinski definition) is 2. The molecule has 0 radical (unpaired) electrons. The molecule has 2 rings (SSSR count). The Morgan fingerprint density at radius 1 is 1.44 bits per heavy atom. The van der Waals surface area contributed by atoms with Gasteiger partial charge < -0.3 is 9.84 Å². The second kappa shape index (κ2) is 5.62. The molecule has 0 fully saturated rings. The fourth-order valence-corrected chi connectivity index (χ4v) is 2.94. The highest BCUT2D eigenvalue weighted by atomic mass is 79.9. The summed E-state index contributed by atoms with van der Waals surface area (Å²) in [7, 11) is 0. The van der Waals surface area contributed by atoms with Gasteiger partial charge >= 0.3 is 0 Å². The van der Waals surface area contributed by atoms with Crippen molar-refractivity contribution < 1.29 is 9.84 Å². The van der Waals surface area contributed by atoms with Gasteiger partial charge in [0.15, 0.2) is 0 Å². The molecular formula is C15H21BrO2. The Kier molecular flexibility index (Phi) is 4.33. The summed E-state index contributed by atoms with van der Waals surface area (Å²) in [6, 6.07) is 5.84. The third-order valence-electron chi connectivity index (χ3n) is 3.63. The van der Waals surface area contributed by atoms with Gasteiger partial charge in [-0.05, 0) is 31.9 Å². The van der Waals surface area contributed by atoms with Gasteiger partial charge in [0.1, 0.15) is 11.4 Å². The van der Waals surface area contributed by atoms with Gasteiger partial charge in [0.05, 0.1) is 6.10 Å². The molecule has 1 aliphatic rings. The SMILES string of the molecule is CCCCCC1(C)C[C@@H](O)c2ccc(Br)cc2O1. The summed E-state index contributed by atoms with van der Waals surface area (Å²) in [5.74, 6) is 0.821. The Hall–Kier alpha value is -0.540. The fraction of sp³-hybridized carbons (Fsp3) is 0.600. The van der Waals surface area contributed by atoms with Crippen LogP contribution in [0.5, 0.6) is 5.75 Å². The summed E-state index contributed by atoms with van der Waals surface area (Å²) in [6.45, 7) is 4.31. The molecule has 2 nitrogen and oxygen atoms in total. The van der Waals surface area contributed by atoms with Gasteiger partial charge in [-0.25, -0.2) is 0 Å². The second-order valence-corrected chi connectivity index (χ2v) is 6.33. The minimum atomic E-state index is -0.409. The zero-order chi connectivity index (χ0) is 13.2. The van der Waals surface area contributed by atoms with Crippen LogP contribution in [0.1, 0.15) is 57.6 Å². The van der Waals surface area contributed by atoms with E-state index < -0.39 is 6.10 Å². The van der Waals surface area contributed by atoms with Crippen LogP contribution in [-0.4, -0.2) is 10.7 Å². The topological polar surface area (TPSA) is 29.5 Å². The predicted molar refractivity (Wildman–Crippen MR) is 76.9 cm³/mol. The number of aliphatic hydroxyl groups excluding tert-OH is 1. The number of benzene rings is 1. The minimum Gasteiger partial charge on any atom is -0.487 e. The summed E-state index contributed by atoms with van der Waals surface area (Å²) in [5, 5.41) is 10.2. The van der Waals surface area contributed by atoms with Crippen molar-refractivity contribution in [2.75, 3.05) is 0 Å². The van der Waals surface area contributed by atoms with Gasteiger partial charge in [-0.1, -0.05) is 41.8 Å². The molecule has 0 aromatic heterocycles. The summed E-state index contributed by atoms with van der Waals surface area (Å²) in [4.78, 5) is 0. The Labute approximate surface area is 117 Å². The van der Waals surface area contributed by atoms with Crippen LogP contribution in [0.2, 0.25) is 0 Å². The zero-order valence-corrected chi connectivity index (χ0v) is 12.7. The number of rotatable bonds is 4. The summed E-state index contributed by atoms with van der Waals surface area (Å²) in [6.07, 6.45) is 4.87. The van der Waals surface area contributed by atoms with E-state index >= 15 is 0 Å². The molecule has 18 heavy (non-hydrogen) atoms. The van der Waals surface area contributed by atoms with Crippen molar-refractivity contribution in [2.24, 2.45) is 0 Å². The van der Waals surface area contributed by atoms with Crippen LogP contribution in [0.4, 0.5) is 0 Å². The van der Waals surface area contributed by atoms with Crippen LogP contribution in [0.3, 0.4) is 0 Å². The average Bonchev–Trinajstić information content (AvgIpc) is 2.28. The quantitative estimate of drug-likeness (QED) is 0.823. The van der Waals surface area contributed by atoms with Gasteiger partial charge in [0, 0.05) is 16.5 Å². The highest BCUT2D eigenvalue weighted by molar-refractivity contribution is 9.10. The van der Waals surface area contributed by atoms with Crippen molar-refractivity contribution in [1.29, 1.82) is 0 Å². The number of hydrogen-bond donors (Lipinski definition) is 1. The molecule has 1 heterocycles. The Morgan fingerprint density at radius 3 is 2.94 bits per heavy atom. The van der Waals surface area contributed by atoms with Crippen molar-refractivity contribution in [3.8, 4) is 5.75 Å².